The van der Waals surface area contributed by atoms with Crippen LogP contribution in [0.3, 0.4) is 0 Å². The van der Waals surface area contributed by atoms with Gasteiger partial charge in [-0.05, 0) is 35.4 Å². The third-order valence-electron chi connectivity index (χ3n) is 6.09. The smallest absolute Gasteiger partial charge is 0.199 e. The fourth-order valence-corrected chi connectivity index (χ4v) is 4.29. The van der Waals surface area contributed by atoms with E-state index in [2.05, 4.69) is 0 Å². The molecule has 6 rings (SSSR count). The molecule has 0 spiro atoms. The van der Waals surface area contributed by atoms with E-state index in [4.69, 9.17) is 9.47 Å². The van der Waals surface area contributed by atoms with Gasteiger partial charge in [0.25, 0.3) is 0 Å². The predicted octanol–water partition coefficient (Wildman–Crippen LogP) is 5.75. The number of rotatable bonds is 2. The van der Waals surface area contributed by atoms with E-state index in [0.717, 1.165) is 11.1 Å². The van der Waals surface area contributed by atoms with Gasteiger partial charge in [-0.15, -0.1) is 0 Å². The summed E-state index contributed by atoms with van der Waals surface area (Å²) in [7, 11) is 0. The van der Waals surface area contributed by atoms with Crippen molar-refractivity contribution in [3.63, 3.8) is 0 Å². The van der Waals surface area contributed by atoms with Crippen LogP contribution < -0.4 is 9.47 Å². The van der Waals surface area contributed by atoms with Gasteiger partial charge in [-0.1, -0.05) is 84.9 Å². The molecule has 3 unspecified atom stereocenters. The standard InChI is InChI=1S/C15H12O3.C15H12O2.Zn/c16-13-11-8-4-5-9-12(11)18-15(14(13)17)10-6-2-1-3-7-10;16-13-10-15(11-6-2-1-3-7-11)17-14-9-5-4-8-12(13)14;/h1-9,14-15,17H;1-9,15H,10H2;. The van der Waals surface area contributed by atoms with Crippen LogP contribution in [0.25, 0.3) is 0 Å². The number of hydrogen-bond acceptors (Lipinski definition) is 5. The topological polar surface area (TPSA) is 72.8 Å². The number of ketones is 2. The molecule has 36 heavy (non-hydrogen) atoms. The first-order chi connectivity index (χ1) is 17.1. The SMILES string of the molecule is O=C1CC(c2ccccc2)Oc2ccccc21.O=C1c2ccccc2OC(c2ccccc2)C1O.[Zn]. The number of Topliss-reactive ketones (excluding diaryl/α,β-unsaturated/α-hetero) is 2. The van der Waals surface area contributed by atoms with Crippen molar-refractivity contribution in [2.24, 2.45) is 0 Å². The summed E-state index contributed by atoms with van der Waals surface area (Å²) < 4.78 is 11.6. The Morgan fingerprint density at radius 3 is 1.75 bits per heavy atom. The van der Waals surface area contributed by atoms with Crippen molar-refractivity contribution in [1.82, 2.24) is 0 Å². The number of ether oxygens (including phenoxy) is 2. The average Bonchev–Trinajstić information content (AvgIpc) is 2.92. The number of benzene rings is 4. The Kier molecular flexibility index (Phi) is 8.09. The van der Waals surface area contributed by atoms with Crippen LogP contribution in [0.2, 0.25) is 0 Å². The summed E-state index contributed by atoms with van der Waals surface area (Å²) in [6.45, 7) is 0. The molecule has 5 nitrogen and oxygen atoms in total. The van der Waals surface area contributed by atoms with Crippen LogP contribution in [0.15, 0.2) is 109 Å². The Hall–Kier alpha value is -3.60. The quantitative estimate of drug-likeness (QED) is 0.335. The fourth-order valence-electron chi connectivity index (χ4n) is 4.29. The summed E-state index contributed by atoms with van der Waals surface area (Å²) in [6, 6.07) is 33.6. The molecule has 0 aromatic heterocycles. The number of para-hydroxylation sites is 2. The van der Waals surface area contributed by atoms with Crippen LogP contribution >= 0.6 is 0 Å². The van der Waals surface area contributed by atoms with Crippen molar-refractivity contribution in [2.45, 2.75) is 24.7 Å². The molecule has 1 N–H and O–H groups in total. The van der Waals surface area contributed by atoms with Gasteiger partial charge in [0.2, 0.25) is 0 Å². The first kappa shape index (κ1) is 25.5. The minimum atomic E-state index is -1.15. The second-order valence-corrected chi connectivity index (χ2v) is 8.40. The Bertz CT molecular complexity index is 1340. The number of aliphatic hydroxyl groups is 1. The Morgan fingerprint density at radius 2 is 1.11 bits per heavy atom. The van der Waals surface area contributed by atoms with E-state index in [0.29, 0.717) is 29.0 Å². The molecule has 176 valence electrons. The van der Waals surface area contributed by atoms with E-state index in [-0.39, 0.29) is 37.1 Å². The summed E-state index contributed by atoms with van der Waals surface area (Å²) in [4.78, 5) is 24.1. The second kappa shape index (κ2) is 11.4. The van der Waals surface area contributed by atoms with Gasteiger partial charge in [0.1, 0.15) is 17.6 Å². The molecular formula is C30H24O5Zn. The average molecular weight is 530 g/mol. The molecule has 0 fully saturated rings. The zero-order chi connectivity index (χ0) is 24.2. The molecule has 3 atom stereocenters. The van der Waals surface area contributed by atoms with E-state index in [1.165, 1.54) is 0 Å². The molecule has 0 saturated heterocycles. The molecule has 4 aromatic carbocycles. The number of carbonyl (C=O) groups is 2. The van der Waals surface area contributed by atoms with Crippen molar-refractivity contribution in [2.75, 3.05) is 0 Å². The second-order valence-electron chi connectivity index (χ2n) is 8.40. The van der Waals surface area contributed by atoms with Crippen LogP contribution in [-0.4, -0.2) is 22.8 Å². The van der Waals surface area contributed by atoms with E-state index in [9.17, 15) is 14.7 Å². The zero-order valence-corrected chi connectivity index (χ0v) is 22.6. The molecule has 2 aliphatic rings. The van der Waals surface area contributed by atoms with Gasteiger partial charge in [-0.2, -0.15) is 0 Å². The molecular weight excluding hydrogens is 506 g/mol. The maximum absolute atomic E-state index is 12.1. The number of fused-ring (bicyclic) bond motifs is 2. The summed E-state index contributed by atoms with van der Waals surface area (Å²) in [5, 5.41) is 10.1. The maximum atomic E-state index is 12.1. The minimum Gasteiger partial charge on any atom is -0.484 e. The van der Waals surface area contributed by atoms with Crippen molar-refractivity contribution in [1.29, 1.82) is 0 Å². The largest absolute Gasteiger partial charge is 0.484 e. The van der Waals surface area contributed by atoms with Crippen molar-refractivity contribution >= 4 is 11.6 Å². The van der Waals surface area contributed by atoms with E-state index in [1.807, 2.05) is 91.0 Å². The molecule has 6 heteroatoms. The van der Waals surface area contributed by atoms with Crippen molar-refractivity contribution < 1.29 is 43.6 Å². The molecule has 0 saturated carbocycles. The van der Waals surface area contributed by atoms with Crippen LogP contribution in [0.4, 0.5) is 0 Å². The summed E-state index contributed by atoms with van der Waals surface area (Å²) in [5.41, 5.74) is 2.99. The molecule has 0 bridgehead atoms. The zero-order valence-electron chi connectivity index (χ0n) is 19.6. The van der Waals surface area contributed by atoms with Crippen molar-refractivity contribution in [3.05, 3.63) is 131 Å². The van der Waals surface area contributed by atoms with Gasteiger partial charge in [0.15, 0.2) is 23.8 Å². The van der Waals surface area contributed by atoms with E-state index in [1.54, 1.807) is 18.2 Å². The first-order valence-corrected chi connectivity index (χ1v) is 11.5. The van der Waals surface area contributed by atoms with Gasteiger partial charge in [0, 0.05) is 19.5 Å². The van der Waals surface area contributed by atoms with Gasteiger partial charge >= 0.3 is 0 Å². The minimum absolute atomic E-state index is 0. The van der Waals surface area contributed by atoms with Gasteiger partial charge < -0.3 is 14.6 Å². The third-order valence-corrected chi connectivity index (χ3v) is 6.09. The maximum Gasteiger partial charge on any atom is 0.199 e. The molecule has 2 aliphatic heterocycles. The Morgan fingerprint density at radius 1 is 0.611 bits per heavy atom. The molecule has 0 aliphatic carbocycles. The number of hydrogen-bond donors (Lipinski definition) is 1. The van der Waals surface area contributed by atoms with Crippen LogP contribution in [0, 0.1) is 0 Å². The van der Waals surface area contributed by atoms with Crippen molar-refractivity contribution in [3.8, 4) is 11.5 Å². The number of aliphatic hydroxyl groups excluding tert-OH is 1. The fraction of sp³-hybridized carbons (Fsp3) is 0.133. The normalized spacial score (nSPS) is 19.8. The van der Waals surface area contributed by atoms with E-state index < -0.39 is 12.2 Å². The molecule has 0 radical (unpaired) electrons. The Balaban J connectivity index is 0.000000165. The first-order valence-electron chi connectivity index (χ1n) is 11.5. The monoisotopic (exact) mass is 528 g/mol. The summed E-state index contributed by atoms with van der Waals surface area (Å²) in [6.07, 6.45) is -1.52. The van der Waals surface area contributed by atoms with Gasteiger partial charge in [0.05, 0.1) is 17.5 Å². The summed E-state index contributed by atoms with van der Waals surface area (Å²) >= 11 is 0. The van der Waals surface area contributed by atoms with Crippen LogP contribution in [0.1, 0.15) is 50.5 Å². The van der Waals surface area contributed by atoms with Crippen LogP contribution in [-0.2, 0) is 19.5 Å². The van der Waals surface area contributed by atoms with Gasteiger partial charge in [-0.25, -0.2) is 0 Å². The summed E-state index contributed by atoms with van der Waals surface area (Å²) in [5.74, 6) is 1.09. The molecule has 2 heterocycles. The van der Waals surface area contributed by atoms with Gasteiger partial charge in [-0.3, -0.25) is 9.59 Å². The molecule has 4 aromatic rings. The van der Waals surface area contributed by atoms with Crippen LogP contribution in [0.5, 0.6) is 11.5 Å². The predicted molar refractivity (Wildman–Crippen MR) is 132 cm³/mol. The Labute approximate surface area is 222 Å². The molecule has 0 amide bonds. The van der Waals surface area contributed by atoms with E-state index >= 15 is 0 Å². The number of carbonyl (C=O) groups excluding carboxylic acids is 2. The third kappa shape index (κ3) is 5.30.